The molecule has 0 aromatic carbocycles. The van der Waals surface area contributed by atoms with Crippen LogP contribution >= 0.6 is 11.5 Å². The number of nitrogens with one attached hydrogen (secondary N) is 1. The first-order valence-corrected chi connectivity index (χ1v) is 10.3. The van der Waals surface area contributed by atoms with Gasteiger partial charge in [0.05, 0.1) is 5.25 Å². The Balaban J connectivity index is 1.50. The lowest BCUT2D eigenvalue weighted by Crippen LogP contribution is -2.43. The molecule has 8 heteroatoms. The van der Waals surface area contributed by atoms with Gasteiger partial charge in [0.15, 0.2) is 0 Å². The molecule has 1 saturated carbocycles. The third-order valence-corrected chi connectivity index (χ3v) is 7.23. The molecule has 2 aliphatic rings. The maximum atomic E-state index is 12.2. The van der Waals surface area contributed by atoms with Crippen molar-refractivity contribution in [1.29, 1.82) is 0 Å². The molecule has 0 amide bonds. The second-order valence-corrected chi connectivity index (χ2v) is 9.64. The number of anilines is 1. The van der Waals surface area contributed by atoms with Crippen molar-refractivity contribution in [1.82, 2.24) is 13.7 Å². The Morgan fingerprint density at radius 1 is 1.27 bits per heavy atom. The third-order valence-electron chi connectivity index (χ3n) is 4.15. The monoisotopic (exact) mass is 344 g/mol. The van der Waals surface area contributed by atoms with Crippen molar-refractivity contribution in [3.8, 4) is 0 Å². The van der Waals surface area contributed by atoms with Crippen molar-refractivity contribution in [2.75, 3.05) is 18.4 Å². The molecule has 1 saturated heterocycles. The van der Waals surface area contributed by atoms with Crippen LogP contribution in [0, 0.1) is 5.92 Å². The molecule has 2 fully saturated rings. The maximum Gasteiger partial charge on any atom is 0.216 e. The molecule has 0 atom stereocenters. The standard InChI is InChI=1S/C14H24N4O2S2/c1-10(2)9-13-16-14(21-17-13)15-11-5-7-18(8-6-11)22(19,20)12-3-4-12/h10-12H,3-9H2,1-2H3,(H,15,16,17). The molecule has 2 heterocycles. The van der Waals surface area contributed by atoms with Crippen LogP contribution in [-0.4, -0.2) is 46.5 Å². The summed E-state index contributed by atoms with van der Waals surface area (Å²) in [7, 11) is -3.01. The van der Waals surface area contributed by atoms with Gasteiger partial charge in [0.1, 0.15) is 5.82 Å². The predicted octanol–water partition coefficient (Wildman–Crippen LogP) is 2.11. The zero-order valence-corrected chi connectivity index (χ0v) is 14.8. The molecule has 1 N–H and O–H groups in total. The Morgan fingerprint density at radius 2 is 1.95 bits per heavy atom. The summed E-state index contributed by atoms with van der Waals surface area (Å²) in [4.78, 5) is 4.51. The predicted molar refractivity (Wildman–Crippen MR) is 88.6 cm³/mol. The van der Waals surface area contributed by atoms with Gasteiger partial charge >= 0.3 is 0 Å². The fraction of sp³-hybridized carbons (Fsp3) is 0.857. The van der Waals surface area contributed by atoms with E-state index < -0.39 is 10.0 Å². The van der Waals surface area contributed by atoms with E-state index in [0.29, 0.717) is 25.0 Å². The lowest BCUT2D eigenvalue weighted by Gasteiger charge is -2.31. The quantitative estimate of drug-likeness (QED) is 0.855. The van der Waals surface area contributed by atoms with Crippen LogP contribution < -0.4 is 5.32 Å². The van der Waals surface area contributed by atoms with Gasteiger partial charge in [-0.25, -0.2) is 17.7 Å². The second kappa shape index (κ2) is 6.41. The molecule has 0 unspecified atom stereocenters. The minimum Gasteiger partial charge on any atom is -0.357 e. The van der Waals surface area contributed by atoms with E-state index in [9.17, 15) is 8.42 Å². The van der Waals surface area contributed by atoms with Crippen LogP contribution in [0.5, 0.6) is 0 Å². The van der Waals surface area contributed by atoms with E-state index in [0.717, 1.165) is 43.1 Å². The van der Waals surface area contributed by atoms with Crippen LogP contribution in [-0.2, 0) is 16.4 Å². The molecule has 1 aromatic rings. The van der Waals surface area contributed by atoms with Crippen molar-refractivity contribution in [3.63, 3.8) is 0 Å². The van der Waals surface area contributed by atoms with E-state index in [4.69, 9.17) is 0 Å². The van der Waals surface area contributed by atoms with Gasteiger partial charge in [-0.15, -0.1) is 0 Å². The van der Waals surface area contributed by atoms with E-state index in [-0.39, 0.29) is 5.25 Å². The van der Waals surface area contributed by atoms with Gasteiger partial charge in [0.2, 0.25) is 15.2 Å². The molecule has 1 aliphatic carbocycles. The third kappa shape index (κ3) is 3.78. The number of piperidine rings is 1. The Hall–Kier alpha value is -0.730. The summed E-state index contributed by atoms with van der Waals surface area (Å²) in [6.07, 6.45) is 4.25. The molecular formula is C14H24N4O2S2. The van der Waals surface area contributed by atoms with E-state index in [1.807, 2.05) is 0 Å². The van der Waals surface area contributed by atoms with Crippen LogP contribution in [0.3, 0.4) is 0 Å². The lowest BCUT2D eigenvalue weighted by atomic mass is 10.1. The summed E-state index contributed by atoms with van der Waals surface area (Å²) in [6, 6.07) is 0.297. The Labute approximate surface area is 136 Å². The number of nitrogens with zero attached hydrogens (tertiary/aromatic N) is 3. The van der Waals surface area contributed by atoms with Crippen molar-refractivity contribution in [2.24, 2.45) is 5.92 Å². The fourth-order valence-corrected chi connectivity index (χ4v) is 5.31. The smallest absolute Gasteiger partial charge is 0.216 e. The Morgan fingerprint density at radius 3 is 2.55 bits per heavy atom. The van der Waals surface area contributed by atoms with E-state index in [1.165, 1.54) is 11.5 Å². The Bertz CT molecular complexity index is 602. The molecule has 6 nitrogen and oxygen atoms in total. The highest BCUT2D eigenvalue weighted by molar-refractivity contribution is 7.90. The largest absolute Gasteiger partial charge is 0.357 e. The molecule has 1 aliphatic heterocycles. The maximum absolute atomic E-state index is 12.2. The molecule has 0 radical (unpaired) electrons. The summed E-state index contributed by atoms with van der Waals surface area (Å²) >= 11 is 1.40. The number of aromatic nitrogens is 2. The van der Waals surface area contributed by atoms with Gasteiger partial charge < -0.3 is 5.32 Å². The van der Waals surface area contributed by atoms with E-state index in [1.54, 1.807) is 4.31 Å². The number of hydrogen-bond donors (Lipinski definition) is 1. The Kier molecular flexibility index (Phi) is 4.70. The van der Waals surface area contributed by atoms with Gasteiger partial charge in [-0.3, -0.25) is 0 Å². The molecule has 3 rings (SSSR count). The highest BCUT2D eigenvalue weighted by Crippen LogP contribution is 2.32. The fourth-order valence-electron chi connectivity index (χ4n) is 2.77. The zero-order chi connectivity index (χ0) is 15.7. The van der Waals surface area contributed by atoms with Gasteiger partial charge in [-0.1, -0.05) is 13.8 Å². The number of sulfonamides is 1. The first-order chi connectivity index (χ1) is 10.4. The molecule has 0 spiro atoms. The van der Waals surface area contributed by atoms with E-state index in [2.05, 4.69) is 28.5 Å². The van der Waals surface area contributed by atoms with Crippen LogP contribution in [0.4, 0.5) is 5.13 Å². The SMILES string of the molecule is CC(C)Cc1nsc(NC2CCN(S(=O)(=O)C3CC3)CC2)n1. The highest BCUT2D eigenvalue weighted by Gasteiger charge is 2.41. The number of rotatable bonds is 6. The second-order valence-electron chi connectivity index (χ2n) is 6.68. The zero-order valence-electron chi connectivity index (χ0n) is 13.2. The van der Waals surface area contributed by atoms with Gasteiger partial charge in [-0.05, 0) is 31.6 Å². The minimum absolute atomic E-state index is 0.0984. The normalized spacial score (nSPS) is 21.4. The molecule has 124 valence electrons. The van der Waals surface area contributed by atoms with Crippen molar-refractivity contribution < 1.29 is 8.42 Å². The van der Waals surface area contributed by atoms with Crippen LogP contribution in [0.15, 0.2) is 0 Å². The molecule has 1 aromatic heterocycles. The highest BCUT2D eigenvalue weighted by atomic mass is 32.2. The first-order valence-electron chi connectivity index (χ1n) is 8.03. The molecule has 22 heavy (non-hydrogen) atoms. The summed E-state index contributed by atoms with van der Waals surface area (Å²) < 4.78 is 30.5. The summed E-state index contributed by atoms with van der Waals surface area (Å²) in [5.74, 6) is 1.45. The molecular weight excluding hydrogens is 320 g/mol. The average molecular weight is 345 g/mol. The van der Waals surface area contributed by atoms with Crippen molar-refractivity contribution in [2.45, 2.75) is 57.2 Å². The molecule has 0 bridgehead atoms. The van der Waals surface area contributed by atoms with Crippen LogP contribution in [0.2, 0.25) is 0 Å². The average Bonchev–Trinajstić information content (AvgIpc) is 3.23. The van der Waals surface area contributed by atoms with E-state index >= 15 is 0 Å². The lowest BCUT2D eigenvalue weighted by molar-refractivity contribution is 0.329. The van der Waals surface area contributed by atoms with Crippen LogP contribution in [0.1, 0.15) is 45.4 Å². The summed E-state index contributed by atoms with van der Waals surface area (Å²) in [5.41, 5.74) is 0. The van der Waals surface area contributed by atoms with Gasteiger partial charge in [0, 0.05) is 37.1 Å². The van der Waals surface area contributed by atoms with Gasteiger partial charge in [0.25, 0.3) is 0 Å². The van der Waals surface area contributed by atoms with Crippen LogP contribution in [0.25, 0.3) is 0 Å². The van der Waals surface area contributed by atoms with Gasteiger partial charge in [-0.2, -0.15) is 4.37 Å². The van der Waals surface area contributed by atoms with Crippen molar-refractivity contribution >= 4 is 26.7 Å². The minimum atomic E-state index is -3.01. The van der Waals surface area contributed by atoms with Crippen molar-refractivity contribution in [3.05, 3.63) is 5.82 Å². The summed E-state index contributed by atoms with van der Waals surface area (Å²) in [5, 5.41) is 4.18. The first kappa shape index (κ1) is 16.1. The summed E-state index contributed by atoms with van der Waals surface area (Å²) in [6.45, 7) is 5.55. The number of hydrogen-bond acceptors (Lipinski definition) is 6. The topological polar surface area (TPSA) is 75.2 Å².